The first kappa shape index (κ1) is 50.7. The Morgan fingerprint density at radius 3 is 1.75 bits per heavy atom. The van der Waals surface area contributed by atoms with Crippen LogP contribution in [0.2, 0.25) is 0 Å². The number of carbonyl (C=O) groups is 1. The molecule has 53 heavy (non-hydrogen) atoms. The molecule has 0 aromatic carbocycles. The molecule has 0 radical (unpaired) electrons. The molecular weight excluding hydrogens is 683 g/mol. The van der Waals surface area contributed by atoms with Crippen molar-refractivity contribution in [2.24, 2.45) is 0 Å². The molecule has 0 rings (SSSR count). The van der Waals surface area contributed by atoms with E-state index in [2.05, 4.69) is 92.1 Å². The predicted molar refractivity (Wildman–Crippen MR) is 223 cm³/mol. The first-order valence-electron chi connectivity index (χ1n) is 20.4. The van der Waals surface area contributed by atoms with Crippen molar-refractivity contribution in [1.82, 2.24) is 5.32 Å². The van der Waals surface area contributed by atoms with Crippen LogP contribution >= 0.6 is 7.82 Å². The van der Waals surface area contributed by atoms with Crippen LogP contribution < -0.4 is 10.2 Å². The molecule has 0 saturated heterocycles. The van der Waals surface area contributed by atoms with Crippen LogP contribution in [-0.4, -0.2) is 68.5 Å². The molecule has 0 aromatic rings. The highest BCUT2D eigenvalue weighted by molar-refractivity contribution is 7.45. The van der Waals surface area contributed by atoms with E-state index >= 15 is 0 Å². The number of phosphoric acid groups is 1. The summed E-state index contributed by atoms with van der Waals surface area (Å²) < 4.78 is 23.1. The first-order chi connectivity index (χ1) is 25.5. The lowest BCUT2D eigenvalue weighted by molar-refractivity contribution is -0.870. The molecule has 0 aliphatic carbocycles. The molecule has 9 heteroatoms. The lowest BCUT2D eigenvalue weighted by atomic mass is 10.1. The van der Waals surface area contributed by atoms with Crippen molar-refractivity contribution < 1.29 is 32.9 Å². The van der Waals surface area contributed by atoms with Crippen LogP contribution in [0.15, 0.2) is 85.1 Å². The number of rotatable bonds is 35. The van der Waals surface area contributed by atoms with Gasteiger partial charge in [-0.15, -0.1) is 0 Å². The Balaban J connectivity index is 4.68. The van der Waals surface area contributed by atoms with Gasteiger partial charge in [-0.05, 0) is 83.5 Å². The number of quaternary nitrogens is 1. The molecule has 0 aliphatic rings. The fourth-order valence-corrected chi connectivity index (χ4v) is 5.78. The van der Waals surface area contributed by atoms with Crippen molar-refractivity contribution >= 4 is 13.7 Å². The van der Waals surface area contributed by atoms with Gasteiger partial charge >= 0.3 is 0 Å². The van der Waals surface area contributed by atoms with E-state index in [1.54, 1.807) is 6.08 Å². The van der Waals surface area contributed by atoms with E-state index in [4.69, 9.17) is 9.05 Å². The van der Waals surface area contributed by atoms with Crippen molar-refractivity contribution in [1.29, 1.82) is 0 Å². The third-order valence-corrected chi connectivity index (χ3v) is 9.28. The van der Waals surface area contributed by atoms with Crippen LogP contribution in [0.3, 0.4) is 0 Å². The van der Waals surface area contributed by atoms with E-state index in [-0.39, 0.29) is 18.9 Å². The summed E-state index contributed by atoms with van der Waals surface area (Å²) in [6.45, 7) is 4.42. The zero-order valence-corrected chi connectivity index (χ0v) is 35.1. The largest absolute Gasteiger partial charge is 0.756 e. The van der Waals surface area contributed by atoms with E-state index in [9.17, 15) is 19.4 Å². The molecule has 3 atom stereocenters. The molecule has 3 unspecified atom stereocenters. The minimum atomic E-state index is -4.61. The molecule has 8 nitrogen and oxygen atoms in total. The number of phosphoric ester groups is 1. The second-order valence-electron chi connectivity index (χ2n) is 14.6. The molecule has 0 spiro atoms. The molecule has 0 saturated carbocycles. The van der Waals surface area contributed by atoms with Crippen molar-refractivity contribution in [3.8, 4) is 0 Å². The number of amides is 1. The molecule has 2 N–H and O–H groups in total. The quantitative estimate of drug-likeness (QED) is 0.0288. The smallest absolute Gasteiger partial charge is 0.268 e. The van der Waals surface area contributed by atoms with Crippen molar-refractivity contribution in [2.45, 2.75) is 148 Å². The van der Waals surface area contributed by atoms with E-state index in [1.807, 2.05) is 27.2 Å². The number of hydrogen-bond acceptors (Lipinski definition) is 6. The Kier molecular flexibility index (Phi) is 33.8. The van der Waals surface area contributed by atoms with Gasteiger partial charge in [-0.1, -0.05) is 131 Å². The van der Waals surface area contributed by atoms with Gasteiger partial charge in [0.05, 0.1) is 39.9 Å². The number of nitrogens with one attached hydrogen (secondary N) is 1. The second-order valence-corrected chi connectivity index (χ2v) is 16.0. The summed E-state index contributed by atoms with van der Waals surface area (Å²) in [6.07, 6.45) is 47.8. The van der Waals surface area contributed by atoms with Gasteiger partial charge in [-0.2, -0.15) is 0 Å². The van der Waals surface area contributed by atoms with Crippen molar-refractivity contribution in [3.63, 3.8) is 0 Å². The number of allylic oxidation sites excluding steroid dienone is 13. The van der Waals surface area contributed by atoms with Gasteiger partial charge in [0, 0.05) is 6.42 Å². The number of likely N-dealkylation sites (N-methyl/N-ethyl adjacent to an activating group) is 1. The van der Waals surface area contributed by atoms with Crippen LogP contribution in [0.5, 0.6) is 0 Å². The van der Waals surface area contributed by atoms with Crippen molar-refractivity contribution in [3.05, 3.63) is 85.1 Å². The molecule has 0 heterocycles. The lowest BCUT2D eigenvalue weighted by Crippen LogP contribution is -2.45. The summed E-state index contributed by atoms with van der Waals surface area (Å²) in [7, 11) is 1.19. The van der Waals surface area contributed by atoms with Gasteiger partial charge in [0.15, 0.2) is 0 Å². The van der Waals surface area contributed by atoms with E-state index < -0.39 is 26.6 Å². The minimum Gasteiger partial charge on any atom is -0.756 e. The summed E-state index contributed by atoms with van der Waals surface area (Å²) in [5.41, 5.74) is 0. The summed E-state index contributed by atoms with van der Waals surface area (Å²) in [5, 5.41) is 13.7. The fourth-order valence-electron chi connectivity index (χ4n) is 5.05. The second kappa shape index (κ2) is 35.4. The maximum absolute atomic E-state index is 12.8. The number of nitrogens with zero attached hydrogens (tertiary/aromatic N) is 1. The molecule has 0 aromatic heterocycles. The normalized spacial score (nSPS) is 15.4. The lowest BCUT2D eigenvalue weighted by Gasteiger charge is -2.29. The van der Waals surface area contributed by atoms with Gasteiger partial charge in [0.1, 0.15) is 13.2 Å². The SMILES string of the molecule is CC/C=C\C/C=C\C/C=C\C/C=C\CCCCC(=O)NC(COP(=O)([O-])OCC[N+](C)(C)C)C(O)/C=C/CC/C=C/CC/C=C/CCCCCCCC. The molecule has 0 aliphatic heterocycles. The third-order valence-electron chi connectivity index (χ3n) is 8.32. The first-order valence-corrected chi connectivity index (χ1v) is 21.9. The Morgan fingerprint density at radius 1 is 0.679 bits per heavy atom. The number of aliphatic hydroxyl groups is 1. The Labute approximate surface area is 325 Å². The topological polar surface area (TPSA) is 108 Å². The number of unbranched alkanes of at least 4 members (excludes halogenated alkanes) is 10. The fraction of sp³-hybridized carbons (Fsp3) is 0.659. The zero-order chi connectivity index (χ0) is 39.3. The van der Waals surface area contributed by atoms with E-state index in [1.165, 1.54) is 38.5 Å². The molecular formula is C44H77N2O6P. The van der Waals surface area contributed by atoms with Crippen LogP contribution in [0, 0.1) is 0 Å². The van der Waals surface area contributed by atoms with E-state index in [0.29, 0.717) is 23.9 Å². The zero-order valence-electron chi connectivity index (χ0n) is 34.2. The minimum absolute atomic E-state index is 0.0218. The van der Waals surface area contributed by atoms with Crippen LogP contribution in [0.25, 0.3) is 0 Å². The maximum Gasteiger partial charge on any atom is 0.268 e. The summed E-state index contributed by atoms with van der Waals surface area (Å²) >= 11 is 0. The molecule has 304 valence electrons. The highest BCUT2D eigenvalue weighted by atomic mass is 31.2. The van der Waals surface area contributed by atoms with Crippen LogP contribution in [0.4, 0.5) is 0 Å². The molecule has 0 fully saturated rings. The summed E-state index contributed by atoms with van der Waals surface area (Å²) in [5.74, 6) is -0.258. The van der Waals surface area contributed by atoms with Gasteiger partial charge in [-0.3, -0.25) is 9.36 Å². The Bertz CT molecular complexity index is 1140. The number of carbonyl (C=O) groups excluding carboxylic acids is 1. The van der Waals surface area contributed by atoms with Crippen LogP contribution in [0.1, 0.15) is 136 Å². The Morgan fingerprint density at radius 2 is 1.17 bits per heavy atom. The van der Waals surface area contributed by atoms with Crippen molar-refractivity contribution in [2.75, 3.05) is 40.9 Å². The van der Waals surface area contributed by atoms with Gasteiger partial charge < -0.3 is 28.8 Å². The standard InChI is InChI=1S/C44H77N2O6P/c1-6-8-10-12-14-16-18-20-22-24-25-27-29-31-33-35-37-43(47)42(41-52-53(49,50)51-40-39-46(3,4)5)45-44(48)38-36-34-32-30-28-26-23-21-19-17-15-13-11-9-7-2/h9,11,15,17,20-23,27-30,35,37,42-43,47H,6-8,10,12-14,16,18-19,24-26,31-34,36,38-41H2,1-5H3,(H-,45,48,49,50)/b11-9-,17-15-,22-20+,23-21-,29-27+,30-28-,37-35+. The third kappa shape index (κ3) is 37.8. The summed E-state index contributed by atoms with van der Waals surface area (Å²) in [6, 6.07) is -0.934. The maximum atomic E-state index is 12.8. The molecule has 1 amide bonds. The molecule has 0 bridgehead atoms. The van der Waals surface area contributed by atoms with Gasteiger partial charge in [0.2, 0.25) is 5.91 Å². The van der Waals surface area contributed by atoms with E-state index in [0.717, 1.165) is 64.2 Å². The van der Waals surface area contributed by atoms with Gasteiger partial charge in [0.25, 0.3) is 7.82 Å². The highest BCUT2D eigenvalue weighted by Crippen LogP contribution is 2.38. The van der Waals surface area contributed by atoms with Gasteiger partial charge in [-0.25, -0.2) is 0 Å². The number of aliphatic hydroxyl groups excluding tert-OH is 1. The summed E-state index contributed by atoms with van der Waals surface area (Å²) in [4.78, 5) is 25.2. The monoisotopic (exact) mass is 761 g/mol. The Hall–Kier alpha value is -2.32. The van der Waals surface area contributed by atoms with Crippen LogP contribution in [-0.2, 0) is 18.4 Å². The predicted octanol–water partition coefficient (Wildman–Crippen LogP) is 10.4. The average Bonchev–Trinajstić information content (AvgIpc) is 3.10. The number of hydrogen-bond donors (Lipinski definition) is 2. The average molecular weight is 761 g/mol. The highest BCUT2D eigenvalue weighted by Gasteiger charge is 2.23.